The highest BCUT2D eigenvalue weighted by Crippen LogP contribution is 2.21. The van der Waals surface area contributed by atoms with Gasteiger partial charge in [-0.15, -0.1) is 11.8 Å². The Kier molecular flexibility index (Phi) is 5.90. The Morgan fingerprint density at radius 3 is 2.28 bits per heavy atom. The molecule has 7 heteroatoms. The molecule has 0 N–H and O–H groups in total. The van der Waals surface area contributed by atoms with Crippen molar-refractivity contribution >= 4 is 27.6 Å². The number of morpholine rings is 1. The zero-order valence-corrected chi connectivity index (χ0v) is 15.3. The van der Waals surface area contributed by atoms with Gasteiger partial charge in [0.05, 0.1) is 23.9 Å². The van der Waals surface area contributed by atoms with Crippen LogP contribution in [0, 0.1) is 0 Å². The van der Waals surface area contributed by atoms with Gasteiger partial charge in [-0.25, -0.2) is 8.42 Å². The highest BCUT2D eigenvalue weighted by Gasteiger charge is 2.26. The van der Waals surface area contributed by atoms with Gasteiger partial charge in [0.25, 0.3) is 0 Å². The molecule has 1 aliphatic rings. The number of benzene rings is 2. The number of sulfonamides is 1. The number of carbonyl (C=O) groups excluding carboxylic acids is 1. The zero-order chi connectivity index (χ0) is 17.7. The standard InChI is InChI=1S/C18H19NO4S2/c20-18(14-24-16-4-2-1-3-5-16)15-6-8-17(9-7-15)25(21,22)19-10-12-23-13-11-19/h1-9H,10-14H2. The van der Waals surface area contributed by atoms with Crippen LogP contribution in [0.5, 0.6) is 0 Å². The Morgan fingerprint density at radius 2 is 1.64 bits per heavy atom. The molecule has 2 aromatic carbocycles. The first-order chi connectivity index (χ1) is 12.1. The van der Waals surface area contributed by atoms with Gasteiger partial charge in [-0.1, -0.05) is 30.3 Å². The first-order valence-corrected chi connectivity index (χ1v) is 10.4. The van der Waals surface area contributed by atoms with E-state index in [9.17, 15) is 13.2 Å². The Balaban J connectivity index is 1.66. The molecule has 0 aliphatic carbocycles. The minimum absolute atomic E-state index is 0.0239. The monoisotopic (exact) mass is 377 g/mol. The van der Waals surface area contributed by atoms with Crippen LogP contribution >= 0.6 is 11.8 Å². The summed E-state index contributed by atoms with van der Waals surface area (Å²) in [6, 6.07) is 15.9. The van der Waals surface area contributed by atoms with Gasteiger partial charge >= 0.3 is 0 Å². The predicted molar refractivity (Wildman–Crippen MR) is 97.5 cm³/mol. The Morgan fingerprint density at radius 1 is 1.00 bits per heavy atom. The summed E-state index contributed by atoms with van der Waals surface area (Å²) in [5.74, 6) is 0.295. The van der Waals surface area contributed by atoms with E-state index in [1.54, 1.807) is 12.1 Å². The lowest BCUT2D eigenvalue weighted by Gasteiger charge is -2.26. The van der Waals surface area contributed by atoms with Crippen LogP contribution in [-0.2, 0) is 14.8 Å². The summed E-state index contributed by atoms with van der Waals surface area (Å²) in [5, 5.41) is 0. The summed E-state index contributed by atoms with van der Waals surface area (Å²) in [4.78, 5) is 13.5. The summed E-state index contributed by atoms with van der Waals surface area (Å²) < 4.78 is 31.7. The van der Waals surface area contributed by atoms with E-state index in [4.69, 9.17) is 4.74 Å². The molecule has 0 saturated carbocycles. The van der Waals surface area contributed by atoms with Gasteiger partial charge in [0, 0.05) is 23.5 Å². The molecule has 0 aromatic heterocycles. The van der Waals surface area contributed by atoms with Crippen molar-refractivity contribution < 1.29 is 17.9 Å². The second-order valence-corrected chi connectivity index (χ2v) is 8.55. The van der Waals surface area contributed by atoms with Crippen LogP contribution in [0.1, 0.15) is 10.4 Å². The summed E-state index contributed by atoms with van der Waals surface area (Å²) in [6.45, 7) is 1.53. The van der Waals surface area contributed by atoms with Crippen LogP contribution in [0.15, 0.2) is 64.4 Å². The van der Waals surface area contributed by atoms with Crippen LogP contribution in [-0.4, -0.2) is 50.6 Å². The molecule has 1 saturated heterocycles. The quantitative estimate of drug-likeness (QED) is 0.572. The maximum atomic E-state index is 12.6. The number of Topliss-reactive ketones (excluding diaryl/α,β-unsaturated/α-hetero) is 1. The van der Waals surface area contributed by atoms with E-state index >= 15 is 0 Å². The molecule has 0 amide bonds. The fraction of sp³-hybridized carbons (Fsp3) is 0.278. The third-order valence-corrected chi connectivity index (χ3v) is 6.82. The van der Waals surface area contributed by atoms with Crippen LogP contribution < -0.4 is 0 Å². The first kappa shape index (κ1) is 18.1. The van der Waals surface area contributed by atoms with E-state index in [1.165, 1.54) is 28.2 Å². The van der Waals surface area contributed by atoms with E-state index in [2.05, 4.69) is 0 Å². The van der Waals surface area contributed by atoms with E-state index in [1.807, 2.05) is 30.3 Å². The van der Waals surface area contributed by atoms with Gasteiger partial charge in [0.2, 0.25) is 10.0 Å². The Bertz CT molecular complexity index is 814. The van der Waals surface area contributed by atoms with Gasteiger partial charge in [-0.2, -0.15) is 4.31 Å². The molecule has 0 spiro atoms. The normalized spacial score (nSPS) is 15.8. The summed E-state index contributed by atoms with van der Waals surface area (Å²) >= 11 is 1.47. The summed E-state index contributed by atoms with van der Waals surface area (Å²) in [6.07, 6.45) is 0. The van der Waals surface area contributed by atoms with Crippen molar-refractivity contribution in [2.75, 3.05) is 32.1 Å². The molecule has 0 atom stereocenters. The van der Waals surface area contributed by atoms with Crippen LogP contribution in [0.3, 0.4) is 0 Å². The predicted octanol–water partition coefficient (Wildman–Crippen LogP) is 2.68. The lowest BCUT2D eigenvalue weighted by atomic mass is 10.1. The van der Waals surface area contributed by atoms with Crippen molar-refractivity contribution in [3.63, 3.8) is 0 Å². The second kappa shape index (κ2) is 8.14. The molecule has 5 nitrogen and oxygen atoms in total. The molecule has 2 aromatic rings. The second-order valence-electron chi connectivity index (χ2n) is 5.57. The molecular weight excluding hydrogens is 358 g/mol. The minimum atomic E-state index is -3.52. The number of ether oxygens (including phenoxy) is 1. The molecule has 1 aliphatic heterocycles. The molecule has 1 fully saturated rings. The Hall–Kier alpha value is -1.67. The maximum absolute atomic E-state index is 12.6. The van der Waals surface area contributed by atoms with Gasteiger partial charge in [0.1, 0.15) is 0 Å². The van der Waals surface area contributed by atoms with E-state index in [0.717, 1.165) is 4.90 Å². The van der Waals surface area contributed by atoms with E-state index in [0.29, 0.717) is 37.6 Å². The van der Waals surface area contributed by atoms with Crippen LogP contribution in [0.2, 0.25) is 0 Å². The maximum Gasteiger partial charge on any atom is 0.243 e. The lowest BCUT2D eigenvalue weighted by molar-refractivity contribution is 0.0730. The first-order valence-electron chi connectivity index (χ1n) is 7.96. The van der Waals surface area contributed by atoms with Crippen molar-refractivity contribution in [3.8, 4) is 0 Å². The SMILES string of the molecule is O=C(CSc1ccccc1)c1ccc(S(=O)(=O)N2CCOCC2)cc1. The number of ketones is 1. The number of carbonyl (C=O) groups is 1. The Labute approximate surface area is 152 Å². The largest absolute Gasteiger partial charge is 0.379 e. The third-order valence-electron chi connectivity index (χ3n) is 3.90. The van der Waals surface area contributed by atoms with E-state index in [-0.39, 0.29) is 10.7 Å². The summed E-state index contributed by atoms with van der Waals surface area (Å²) in [5.41, 5.74) is 0.518. The molecule has 0 bridgehead atoms. The lowest BCUT2D eigenvalue weighted by Crippen LogP contribution is -2.40. The number of thioether (sulfide) groups is 1. The molecular formula is C18H19NO4S2. The average Bonchev–Trinajstić information content (AvgIpc) is 2.68. The van der Waals surface area contributed by atoms with Crippen molar-refractivity contribution in [3.05, 3.63) is 60.2 Å². The van der Waals surface area contributed by atoms with Gasteiger partial charge < -0.3 is 4.74 Å². The average molecular weight is 377 g/mol. The number of hydrogen-bond donors (Lipinski definition) is 0. The summed E-state index contributed by atoms with van der Waals surface area (Å²) in [7, 11) is -3.52. The molecule has 0 radical (unpaired) electrons. The highest BCUT2D eigenvalue weighted by atomic mass is 32.2. The topological polar surface area (TPSA) is 63.7 Å². The molecule has 0 unspecified atom stereocenters. The zero-order valence-electron chi connectivity index (χ0n) is 13.6. The van der Waals surface area contributed by atoms with Crippen molar-refractivity contribution in [1.82, 2.24) is 4.31 Å². The fourth-order valence-electron chi connectivity index (χ4n) is 2.50. The molecule has 25 heavy (non-hydrogen) atoms. The van der Waals surface area contributed by atoms with Crippen LogP contribution in [0.25, 0.3) is 0 Å². The van der Waals surface area contributed by atoms with Crippen molar-refractivity contribution in [2.45, 2.75) is 9.79 Å². The molecule has 1 heterocycles. The van der Waals surface area contributed by atoms with Crippen molar-refractivity contribution in [2.24, 2.45) is 0 Å². The highest BCUT2D eigenvalue weighted by molar-refractivity contribution is 8.00. The number of rotatable bonds is 6. The van der Waals surface area contributed by atoms with E-state index < -0.39 is 10.0 Å². The van der Waals surface area contributed by atoms with Crippen molar-refractivity contribution in [1.29, 1.82) is 0 Å². The molecule has 3 rings (SSSR count). The number of nitrogens with zero attached hydrogens (tertiary/aromatic N) is 1. The van der Waals surface area contributed by atoms with Gasteiger partial charge in [0.15, 0.2) is 5.78 Å². The van der Waals surface area contributed by atoms with Gasteiger partial charge in [-0.3, -0.25) is 4.79 Å². The van der Waals surface area contributed by atoms with Gasteiger partial charge in [-0.05, 0) is 24.3 Å². The smallest absolute Gasteiger partial charge is 0.243 e. The number of hydrogen-bond acceptors (Lipinski definition) is 5. The van der Waals surface area contributed by atoms with Crippen LogP contribution in [0.4, 0.5) is 0 Å². The third kappa shape index (κ3) is 4.49. The minimum Gasteiger partial charge on any atom is -0.379 e. The fourth-order valence-corrected chi connectivity index (χ4v) is 4.72. The molecule has 132 valence electrons.